The molecule has 37 heavy (non-hydrogen) atoms. The SMILES string of the molecule is CC(C)CCC[C@@H](C)[C@H]1CC[C@H]2[C@@H]3[C@@H](O[Si](C)(C)C)C=C4C[C@@H](O[Si](C)(C)C)CC[C@]4(C)[C@H]3CC[C@]12C. The fourth-order valence-electron chi connectivity index (χ4n) is 9.74. The third-order valence-electron chi connectivity index (χ3n) is 11.3. The lowest BCUT2D eigenvalue weighted by atomic mass is 9.46. The zero-order valence-electron chi connectivity index (χ0n) is 26.6. The summed E-state index contributed by atoms with van der Waals surface area (Å²) in [5.41, 5.74) is 2.55. The molecule has 9 atom stereocenters. The number of hydrogen-bond acceptors (Lipinski definition) is 2. The maximum Gasteiger partial charge on any atom is 0.184 e. The minimum Gasteiger partial charge on any atom is -0.414 e. The van der Waals surface area contributed by atoms with Crippen LogP contribution in [-0.2, 0) is 8.85 Å². The van der Waals surface area contributed by atoms with Crippen LogP contribution in [-0.4, -0.2) is 28.8 Å². The van der Waals surface area contributed by atoms with Crippen molar-refractivity contribution in [1.82, 2.24) is 0 Å². The van der Waals surface area contributed by atoms with E-state index in [1.807, 2.05) is 0 Å². The molecule has 0 saturated heterocycles. The number of fused-ring (bicyclic) bond motifs is 5. The molecule has 214 valence electrons. The highest BCUT2D eigenvalue weighted by Gasteiger charge is 2.61. The first-order chi connectivity index (χ1) is 17.0. The number of hydrogen-bond donors (Lipinski definition) is 0. The fourth-order valence-corrected chi connectivity index (χ4v) is 12.0. The Hall–Kier alpha value is 0.0938. The minimum atomic E-state index is -1.66. The molecule has 2 nitrogen and oxygen atoms in total. The van der Waals surface area contributed by atoms with Gasteiger partial charge in [0.1, 0.15) is 0 Å². The molecule has 4 aliphatic carbocycles. The van der Waals surface area contributed by atoms with E-state index >= 15 is 0 Å². The molecule has 4 rings (SSSR count). The zero-order chi connectivity index (χ0) is 27.4. The van der Waals surface area contributed by atoms with Gasteiger partial charge in [-0.15, -0.1) is 0 Å². The zero-order valence-corrected chi connectivity index (χ0v) is 28.6. The van der Waals surface area contributed by atoms with Crippen LogP contribution in [0.3, 0.4) is 0 Å². The molecule has 0 radical (unpaired) electrons. The van der Waals surface area contributed by atoms with Gasteiger partial charge >= 0.3 is 0 Å². The summed E-state index contributed by atoms with van der Waals surface area (Å²) in [4.78, 5) is 0. The van der Waals surface area contributed by atoms with Crippen molar-refractivity contribution in [2.75, 3.05) is 0 Å². The van der Waals surface area contributed by atoms with E-state index in [-0.39, 0.29) is 0 Å². The first kappa shape index (κ1) is 30.1. The molecule has 4 aliphatic rings. The molecule has 0 aliphatic heterocycles. The summed E-state index contributed by atoms with van der Waals surface area (Å²) < 4.78 is 13.8. The molecule has 3 saturated carbocycles. The van der Waals surface area contributed by atoms with E-state index in [2.05, 4.69) is 80.0 Å². The van der Waals surface area contributed by atoms with Crippen molar-refractivity contribution >= 4 is 16.6 Å². The molecule has 4 heteroatoms. The van der Waals surface area contributed by atoms with Crippen LogP contribution in [0.2, 0.25) is 39.3 Å². The predicted molar refractivity (Wildman–Crippen MR) is 165 cm³/mol. The molecule has 0 aromatic heterocycles. The van der Waals surface area contributed by atoms with Crippen LogP contribution in [0.1, 0.15) is 98.8 Å². The molecule has 0 unspecified atom stereocenters. The van der Waals surface area contributed by atoms with Crippen molar-refractivity contribution in [3.05, 3.63) is 11.6 Å². The summed E-state index contributed by atoms with van der Waals surface area (Å²) in [6.07, 6.45) is 17.1. The van der Waals surface area contributed by atoms with Crippen LogP contribution in [0.15, 0.2) is 11.6 Å². The highest BCUT2D eigenvalue weighted by molar-refractivity contribution is 6.70. The average molecular weight is 547 g/mol. The fraction of sp³-hybridized carbons (Fsp3) is 0.939. The normalized spacial score (nSPS) is 41.1. The number of rotatable bonds is 9. The van der Waals surface area contributed by atoms with Crippen molar-refractivity contribution in [3.8, 4) is 0 Å². The minimum absolute atomic E-state index is 0.324. The van der Waals surface area contributed by atoms with E-state index in [4.69, 9.17) is 8.85 Å². The van der Waals surface area contributed by atoms with Crippen molar-refractivity contribution in [3.63, 3.8) is 0 Å². The summed E-state index contributed by atoms with van der Waals surface area (Å²) in [7, 11) is -3.19. The Morgan fingerprint density at radius 1 is 0.838 bits per heavy atom. The van der Waals surface area contributed by atoms with E-state index in [1.165, 1.54) is 57.8 Å². The molecule has 0 amide bonds. The lowest BCUT2D eigenvalue weighted by Crippen LogP contribution is -2.57. The molecule has 0 heterocycles. The molecule has 0 spiro atoms. The van der Waals surface area contributed by atoms with Gasteiger partial charge in [-0.25, -0.2) is 0 Å². The van der Waals surface area contributed by atoms with Crippen LogP contribution in [0.4, 0.5) is 0 Å². The van der Waals surface area contributed by atoms with E-state index < -0.39 is 16.6 Å². The maximum absolute atomic E-state index is 7.15. The van der Waals surface area contributed by atoms with Gasteiger partial charge in [-0.1, -0.05) is 65.5 Å². The second kappa shape index (κ2) is 10.8. The molecular weight excluding hydrogens is 485 g/mol. The van der Waals surface area contributed by atoms with Gasteiger partial charge < -0.3 is 8.85 Å². The largest absolute Gasteiger partial charge is 0.414 e. The third kappa shape index (κ3) is 6.38. The quantitative estimate of drug-likeness (QED) is 0.211. The molecule has 0 bridgehead atoms. The van der Waals surface area contributed by atoms with Crippen molar-refractivity contribution in [1.29, 1.82) is 0 Å². The second-order valence-corrected chi connectivity index (χ2v) is 25.6. The van der Waals surface area contributed by atoms with Gasteiger partial charge in [-0.05, 0) is 131 Å². The molecule has 3 fully saturated rings. The summed E-state index contributed by atoms with van der Waals surface area (Å²) >= 11 is 0. The summed E-state index contributed by atoms with van der Waals surface area (Å²) in [6, 6.07) is 0. The van der Waals surface area contributed by atoms with E-state index in [0.29, 0.717) is 29.0 Å². The molecule has 0 aromatic carbocycles. The van der Waals surface area contributed by atoms with Gasteiger partial charge in [0, 0.05) is 6.10 Å². The van der Waals surface area contributed by atoms with Crippen molar-refractivity contribution in [2.24, 2.45) is 46.3 Å². The molecule has 0 N–H and O–H groups in total. The van der Waals surface area contributed by atoms with E-state index in [0.717, 1.165) is 36.0 Å². The van der Waals surface area contributed by atoms with Gasteiger partial charge in [0.05, 0.1) is 6.10 Å². The van der Waals surface area contributed by atoms with Crippen LogP contribution in [0.5, 0.6) is 0 Å². The first-order valence-corrected chi connectivity index (χ1v) is 22.9. The van der Waals surface area contributed by atoms with Crippen molar-refractivity contribution < 1.29 is 8.85 Å². The van der Waals surface area contributed by atoms with Gasteiger partial charge in [-0.3, -0.25) is 0 Å². The highest BCUT2D eigenvalue weighted by atomic mass is 28.4. The van der Waals surface area contributed by atoms with Gasteiger partial charge in [0.2, 0.25) is 0 Å². The topological polar surface area (TPSA) is 18.5 Å². The Morgan fingerprint density at radius 2 is 1.51 bits per heavy atom. The standard InChI is InChI=1S/C33H62O2Si2/c1-23(2)13-12-14-24(3)27-15-16-28-31-29(18-20-33(27,28)5)32(4)19-17-26(34-36(6,7)8)21-25(32)22-30(31)35-37(9,10)11/h22-24,26-31H,12-21H2,1-11H3/t24-,26+,27-,28+,29+,30+,31+,32+,33-/m1/s1. The van der Waals surface area contributed by atoms with Gasteiger partial charge in [-0.2, -0.15) is 0 Å². The van der Waals surface area contributed by atoms with Crippen molar-refractivity contribution in [2.45, 2.75) is 150 Å². The van der Waals surface area contributed by atoms with Crippen LogP contribution < -0.4 is 0 Å². The summed E-state index contributed by atoms with van der Waals surface area (Å²) in [5, 5.41) is 0. The Bertz CT molecular complexity index is 823. The highest BCUT2D eigenvalue weighted by Crippen LogP contribution is 2.68. The Kier molecular flexibility index (Phi) is 8.79. The van der Waals surface area contributed by atoms with Crippen LogP contribution in [0.25, 0.3) is 0 Å². The van der Waals surface area contributed by atoms with Gasteiger partial charge in [0.15, 0.2) is 16.6 Å². The Labute approximate surface area is 233 Å². The third-order valence-corrected chi connectivity index (χ3v) is 13.3. The first-order valence-electron chi connectivity index (χ1n) is 16.1. The average Bonchev–Trinajstić information content (AvgIpc) is 3.09. The molecule has 0 aromatic rings. The summed E-state index contributed by atoms with van der Waals surface area (Å²) in [5.74, 6) is 4.93. The van der Waals surface area contributed by atoms with Crippen LogP contribution >= 0.6 is 0 Å². The van der Waals surface area contributed by atoms with E-state index in [1.54, 1.807) is 5.57 Å². The Morgan fingerprint density at radius 3 is 2.14 bits per heavy atom. The lowest BCUT2D eigenvalue weighted by Gasteiger charge is -2.61. The van der Waals surface area contributed by atoms with Crippen LogP contribution in [0, 0.1) is 46.3 Å². The summed E-state index contributed by atoms with van der Waals surface area (Å²) in [6.45, 7) is 27.0. The maximum atomic E-state index is 7.15. The molecular formula is C33H62O2Si2. The Balaban J connectivity index is 1.61. The van der Waals surface area contributed by atoms with E-state index in [9.17, 15) is 0 Å². The monoisotopic (exact) mass is 546 g/mol. The van der Waals surface area contributed by atoms with Gasteiger partial charge in [0.25, 0.3) is 0 Å². The lowest BCUT2D eigenvalue weighted by molar-refractivity contribution is -0.0923. The predicted octanol–water partition coefficient (Wildman–Crippen LogP) is 10.1. The smallest absolute Gasteiger partial charge is 0.184 e. The second-order valence-electron chi connectivity index (χ2n) is 16.7.